The number of nitrogens with zero attached hydrogens (tertiary/aromatic N) is 3. The average molecular weight is 271 g/mol. The highest BCUT2D eigenvalue weighted by atomic mass is 32.2. The Morgan fingerprint density at radius 3 is 2.42 bits per heavy atom. The molecule has 4 nitrogen and oxygen atoms in total. The summed E-state index contributed by atoms with van der Waals surface area (Å²) in [7, 11) is 1.63. The van der Waals surface area contributed by atoms with Crippen LogP contribution in [0, 0.1) is 18.3 Å². The second-order valence-electron chi connectivity index (χ2n) is 3.86. The summed E-state index contributed by atoms with van der Waals surface area (Å²) in [6.07, 6.45) is 1.90. The maximum atomic E-state index is 9.10. The molecule has 0 N–H and O–H groups in total. The van der Waals surface area contributed by atoms with Gasteiger partial charge in [0.05, 0.1) is 12.8 Å². The molecule has 0 bridgehead atoms. The number of nitriles is 1. The third-order valence-corrected chi connectivity index (χ3v) is 3.39. The van der Waals surface area contributed by atoms with Crippen molar-refractivity contribution in [2.75, 3.05) is 13.4 Å². The Hall–Kier alpha value is -2.06. The lowest BCUT2D eigenvalue weighted by Gasteiger charge is -2.07. The minimum Gasteiger partial charge on any atom is -0.497 e. The lowest BCUT2D eigenvalue weighted by atomic mass is 10.2. The van der Waals surface area contributed by atoms with Crippen molar-refractivity contribution in [2.45, 2.75) is 11.9 Å². The minimum atomic E-state index is 0.546. The van der Waals surface area contributed by atoms with E-state index >= 15 is 0 Å². The molecule has 0 aliphatic carbocycles. The molecule has 0 amide bonds. The average Bonchev–Trinajstić information content (AvgIpc) is 2.46. The summed E-state index contributed by atoms with van der Waals surface area (Å²) in [4.78, 5) is 8.83. The summed E-state index contributed by atoms with van der Waals surface area (Å²) >= 11 is 1.45. The van der Waals surface area contributed by atoms with Gasteiger partial charge in [0.15, 0.2) is 5.82 Å². The van der Waals surface area contributed by atoms with E-state index in [1.807, 2.05) is 37.4 Å². The Bertz CT molecular complexity index is 632. The molecule has 0 unspecified atom stereocenters. The SMILES string of the molecule is COc1ccc(-c2nc(C)c(C#N)c(SC)n2)cc1. The van der Waals surface area contributed by atoms with Crippen LogP contribution < -0.4 is 4.74 Å². The van der Waals surface area contributed by atoms with Gasteiger partial charge in [-0.15, -0.1) is 11.8 Å². The van der Waals surface area contributed by atoms with Crippen molar-refractivity contribution in [3.8, 4) is 23.2 Å². The van der Waals surface area contributed by atoms with Crippen LogP contribution in [0.4, 0.5) is 0 Å². The first-order chi connectivity index (χ1) is 9.19. The molecule has 0 spiro atoms. The predicted octanol–water partition coefficient (Wildman–Crippen LogP) is 3.05. The molecule has 2 aromatic rings. The number of hydrogen-bond acceptors (Lipinski definition) is 5. The van der Waals surface area contributed by atoms with Crippen LogP contribution >= 0.6 is 11.8 Å². The molecule has 19 heavy (non-hydrogen) atoms. The molecule has 0 fully saturated rings. The quantitative estimate of drug-likeness (QED) is 0.634. The van der Waals surface area contributed by atoms with E-state index in [1.165, 1.54) is 11.8 Å². The standard InChI is InChI=1S/C14H13N3OS/c1-9-12(8-15)14(19-3)17-13(16-9)10-4-6-11(18-2)7-5-10/h4-7H,1-3H3. The number of ether oxygens (including phenoxy) is 1. The van der Waals surface area contributed by atoms with Crippen LogP contribution in [0.15, 0.2) is 29.3 Å². The minimum absolute atomic E-state index is 0.546. The maximum absolute atomic E-state index is 9.10. The normalized spacial score (nSPS) is 10.0. The Morgan fingerprint density at radius 2 is 1.89 bits per heavy atom. The van der Waals surface area contributed by atoms with Crippen molar-refractivity contribution in [1.29, 1.82) is 5.26 Å². The van der Waals surface area contributed by atoms with Crippen LogP contribution in [0.2, 0.25) is 0 Å². The fourth-order valence-electron chi connectivity index (χ4n) is 1.69. The van der Waals surface area contributed by atoms with Crippen LogP contribution in [-0.2, 0) is 0 Å². The van der Waals surface area contributed by atoms with E-state index < -0.39 is 0 Å². The van der Waals surface area contributed by atoms with Crippen molar-refractivity contribution >= 4 is 11.8 Å². The molecule has 0 saturated heterocycles. The van der Waals surface area contributed by atoms with Gasteiger partial charge in [-0.1, -0.05) is 0 Å². The van der Waals surface area contributed by atoms with Gasteiger partial charge in [-0.2, -0.15) is 5.26 Å². The van der Waals surface area contributed by atoms with Crippen molar-refractivity contribution in [1.82, 2.24) is 9.97 Å². The summed E-state index contributed by atoms with van der Waals surface area (Å²) < 4.78 is 5.12. The van der Waals surface area contributed by atoms with Gasteiger partial charge in [-0.3, -0.25) is 0 Å². The van der Waals surface area contributed by atoms with E-state index in [-0.39, 0.29) is 0 Å². The topological polar surface area (TPSA) is 58.8 Å². The third-order valence-electron chi connectivity index (χ3n) is 2.71. The van der Waals surface area contributed by atoms with Crippen LogP contribution in [0.3, 0.4) is 0 Å². The molecule has 5 heteroatoms. The van der Waals surface area contributed by atoms with Crippen molar-refractivity contribution < 1.29 is 4.74 Å². The van der Waals surface area contributed by atoms with Gasteiger partial charge in [-0.25, -0.2) is 9.97 Å². The van der Waals surface area contributed by atoms with Crippen molar-refractivity contribution in [3.05, 3.63) is 35.5 Å². The summed E-state index contributed by atoms with van der Waals surface area (Å²) in [6.45, 7) is 1.83. The second-order valence-corrected chi connectivity index (χ2v) is 4.65. The van der Waals surface area contributed by atoms with Crippen LogP contribution in [-0.4, -0.2) is 23.3 Å². The molecule has 96 valence electrons. The molecule has 1 aromatic heterocycles. The zero-order valence-corrected chi connectivity index (χ0v) is 11.8. The number of aromatic nitrogens is 2. The fourth-order valence-corrected chi connectivity index (χ4v) is 2.27. The summed E-state index contributed by atoms with van der Waals surface area (Å²) in [5.74, 6) is 1.42. The molecule has 2 rings (SSSR count). The highest BCUT2D eigenvalue weighted by Gasteiger charge is 2.11. The van der Waals surface area contributed by atoms with Crippen LogP contribution in [0.5, 0.6) is 5.75 Å². The Morgan fingerprint density at radius 1 is 1.21 bits per heavy atom. The molecular weight excluding hydrogens is 258 g/mol. The Kier molecular flexibility index (Phi) is 4.03. The predicted molar refractivity (Wildman–Crippen MR) is 75.3 cm³/mol. The van der Waals surface area contributed by atoms with Gasteiger partial charge >= 0.3 is 0 Å². The van der Waals surface area contributed by atoms with E-state index in [1.54, 1.807) is 7.11 Å². The van der Waals surface area contributed by atoms with Gasteiger partial charge in [-0.05, 0) is 37.4 Å². The first kappa shape index (κ1) is 13.4. The van der Waals surface area contributed by atoms with Crippen LogP contribution in [0.1, 0.15) is 11.3 Å². The lowest BCUT2D eigenvalue weighted by Crippen LogP contribution is -1.99. The van der Waals surface area contributed by atoms with Gasteiger partial charge in [0.2, 0.25) is 0 Å². The number of rotatable bonds is 3. The Labute approximate surface area is 116 Å². The monoisotopic (exact) mass is 271 g/mol. The number of methoxy groups -OCH3 is 1. The van der Waals surface area contributed by atoms with Gasteiger partial charge in [0, 0.05) is 5.56 Å². The number of aryl methyl sites for hydroxylation is 1. The third kappa shape index (κ3) is 2.69. The van der Waals surface area contributed by atoms with Gasteiger partial charge < -0.3 is 4.74 Å². The zero-order chi connectivity index (χ0) is 13.8. The highest BCUT2D eigenvalue weighted by Crippen LogP contribution is 2.25. The maximum Gasteiger partial charge on any atom is 0.160 e. The number of hydrogen-bond donors (Lipinski definition) is 0. The van der Waals surface area contributed by atoms with E-state index in [2.05, 4.69) is 16.0 Å². The molecular formula is C14H13N3OS. The van der Waals surface area contributed by atoms with Crippen LogP contribution in [0.25, 0.3) is 11.4 Å². The molecule has 0 aliphatic heterocycles. The zero-order valence-electron chi connectivity index (χ0n) is 11.0. The molecule has 1 heterocycles. The molecule has 1 aromatic carbocycles. The van der Waals surface area contributed by atoms with E-state index in [4.69, 9.17) is 10.00 Å². The fraction of sp³-hybridized carbons (Fsp3) is 0.214. The lowest BCUT2D eigenvalue weighted by molar-refractivity contribution is 0.415. The molecule has 0 atom stereocenters. The smallest absolute Gasteiger partial charge is 0.160 e. The molecule has 0 saturated carbocycles. The first-order valence-corrected chi connectivity index (χ1v) is 6.89. The van der Waals surface area contributed by atoms with Gasteiger partial charge in [0.25, 0.3) is 0 Å². The highest BCUT2D eigenvalue weighted by molar-refractivity contribution is 7.98. The van der Waals surface area contributed by atoms with E-state index in [9.17, 15) is 0 Å². The Balaban J connectivity index is 2.50. The second kappa shape index (κ2) is 5.72. The first-order valence-electron chi connectivity index (χ1n) is 5.66. The number of benzene rings is 1. The summed E-state index contributed by atoms with van der Waals surface area (Å²) in [5, 5.41) is 9.81. The summed E-state index contributed by atoms with van der Waals surface area (Å²) in [6, 6.07) is 9.69. The van der Waals surface area contributed by atoms with E-state index in [0.717, 1.165) is 11.3 Å². The van der Waals surface area contributed by atoms with Gasteiger partial charge in [0.1, 0.15) is 22.4 Å². The molecule has 0 aliphatic rings. The van der Waals surface area contributed by atoms with Crippen molar-refractivity contribution in [3.63, 3.8) is 0 Å². The largest absolute Gasteiger partial charge is 0.497 e. The summed E-state index contributed by atoms with van der Waals surface area (Å²) in [5.41, 5.74) is 2.15. The molecule has 0 radical (unpaired) electrons. The van der Waals surface area contributed by atoms with Crippen molar-refractivity contribution in [2.24, 2.45) is 0 Å². The number of thioether (sulfide) groups is 1. The van der Waals surface area contributed by atoms with E-state index in [0.29, 0.717) is 22.1 Å².